The molecule has 0 spiro atoms. The maximum absolute atomic E-state index is 11.3. The third kappa shape index (κ3) is 3.78. The van der Waals surface area contributed by atoms with Gasteiger partial charge in [-0.15, -0.1) is 0 Å². The second-order valence-corrected chi connectivity index (χ2v) is 10.1. The Kier molecular flexibility index (Phi) is 6.12. The maximum atomic E-state index is 11.3. The first-order valence-corrected chi connectivity index (χ1v) is 11.5. The van der Waals surface area contributed by atoms with Crippen LogP contribution in [0.1, 0.15) is 87.0 Å². The van der Waals surface area contributed by atoms with Crippen LogP contribution in [0.3, 0.4) is 0 Å². The van der Waals surface area contributed by atoms with E-state index in [1.807, 2.05) is 6.92 Å². The topological polar surface area (TPSA) is 99.4 Å². The minimum Gasteiger partial charge on any atom is -0.504 e. The third-order valence-electron chi connectivity index (χ3n) is 7.48. The fourth-order valence-corrected chi connectivity index (χ4v) is 5.90. The predicted molar refractivity (Wildman–Crippen MR) is 118 cm³/mol. The van der Waals surface area contributed by atoms with Gasteiger partial charge < -0.3 is 29.9 Å². The Bertz CT molecular complexity index is 873. The van der Waals surface area contributed by atoms with Crippen LogP contribution in [0.15, 0.2) is 11.6 Å². The number of hydrogen-bond donors (Lipinski definition) is 4. The molecule has 0 bridgehead atoms. The lowest BCUT2D eigenvalue weighted by Gasteiger charge is -2.44. The van der Waals surface area contributed by atoms with Crippen molar-refractivity contribution in [1.82, 2.24) is 0 Å². The molecule has 6 heteroatoms. The number of aromatic hydroxyl groups is 1. The highest BCUT2D eigenvalue weighted by molar-refractivity contribution is 5.64. The molecule has 0 amide bonds. The van der Waals surface area contributed by atoms with Gasteiger partial charge in [-0.1, -0.05) is 25.5 Å². The molecule has 1 saturated heterocycles. The number of phenols is 1. The standard InChI is InChI=1S/C25H36O6/c1-11(2)8-15-9-13(4)16-7-6-12(3)18-20(16)19(15)14(5)21(27)24(18)31-25-23(29)22(28)17(26)10-30-25/h8,12-13,15-17,22-23,25-29H,6-7,9-10H2,1-5H3/t12-,13-,15-,16+,17+,22-,23?,25-/m0/s1. The van der Waals surface area contributed by atoms with Crippen LogP contribution in [-0.4, -0.2) is 51.6 Å². The fourth-order valence-electron chi connectivity index (χ4n) is 5.90. The number of phenolic OH excluding ortho intramolecular Hbond substituents is 1. The van der Waals surface area contributed by atoms with Crippen molar-refractivity contribution in [3.63, 3.8) is 0 Å². The summed E-state index contributed by atoms with van der Waals surface area (Å²) in [5.74, 6) is 1.81. The lowest BCUT2D eigenvalue weighted by atomic mass is 9.62. The van der Waals surface area contributed by atoms with E-state index in [0.29, 0.717) is 17.6 Å². The summed E-state index contributed by atoms with van der Waals surface area (Å²) in [6.07, 6.45) is 0.402. The smallest absolute Gasteiger partial charge is 0.229 e. The SMILES string of the molecule is CC(C)=C[C@H]1C[C@H](C)[C@H]2CC[C@H](C)c3c(O[C@@H]4OC[C@@H](O)[C@H](O)C4O)c(O)c(C)c1c32. The summed E-state index contributed by atoms with van der Waals surface area (Å²) in [6.45, 7) is 10.5. The van der Waals surface area contributed by atoms with Crippen molar-refractivity contribution in [3.8, 4) is 11.5 Å². The molecule has 1 aliphatic heterocycles. The van der Waals surface area contributed by atoms with Crippen LogP contribution in [0.25, 0.3) is 0 Å². The zero-order chi connectivity index (χ0) is 22.6. The molecule has 4 rings (SSSR count). The van der Waals surface area contributed by atoms with Crippen molar-refractivity contribution in [2.45, 2.75) is 96.2 Å². The van der Waals surface area contributed by atoms with Gasteiger partial charge in [-0.2, -0.15) is 0 Å². The summed E-state index contributed by atoms with van der Waals surface area (Å²) in [7, 11) is 0. The Morgan fingerprint density at radius 2 is 1.74 bits per heavy atom. The van der Waals surface area contributed by atoms with E-state index in [9.17, 15) is 20.4 Å². The molecule has 172 valence electrons. The van der Waals surface area contributed by atoms with Crippen LogP contribution < -0.4 is 4.74 Å². The molecule has 1 fully saturated rings. The molecule has 2 aliphatic carbocycles. The Morgan fingerprint density at radius 1 is 1.03 bits per heavy atom. The zero-order valence-corrected chi connectivity index (χ0v) is 19.1. The van der Waals surface area contributed by atoms with E-state index in [2.05, 4.69) is 33.8 Å². The molecular weight excluding hydrogens is 396 g/mol. The van der Waals surface area contributed by atoms with E-state index in [1.165, 1.54) is 16.7 Å². The van der Waals surface area contributed by atoms with Crippen LogP contribution in [0, 0.1) is 12.8 Å². The van der Waals surface area contributed by atoms with Crippen molar-refractivity contribution < 1.29 is 29.9 Å². The lowest BCUT2D eigenvalue weighted by molar-refractivity contribution is -0.242. The minimum atomic E-state index is -1.40. The molecule has 0 radical (unpaired) electrons. The average Bonchev–Trinajstić information content (AvgIpc) is 2.70. The van der Waals surface area contributed by atoms with Gasteiger partial charge >= 0.3 is 0 Å². The van der Waals surface area contributed by atoms with Crippen LogP contribution in [0.5, 0.6) is 11.5 Å². The van der Waals surface area contributed by atoms with Crippen molar-refractivity contribution >= 4 is 0 Å². The van der Waals surface area contributed by atoms with Gasteiger partial charge in [-0.3, -0.25) is 0 Å². The molecule has 3 aliphatic rings. The Hall–Kier alpha value is -1.60. The normalized spacial score (nSPS) is 37.2. The third-order valence-corrected chi connectivity index (χ3v) is 7.48. The van der Waals surface area contributed by atoms with E-state index >= 15 is 0 Å². The van der Waals surface area contributed by atoms with Crippen LogP contribution in [0.2, 0.25) is 0 Å². The number of hydrogen-bond acceptors (Lipinski definition) is 6. The second kappa shape index (κ2) is 8.39. The van der Waals surface area contributed by atoms with Gasteiger partial charge in [-0.25, -0.2) is 0 Å². The summed E-state index contributed by atoms with van der Waals surface area (Å²) in [4.78, 5) is 0. The molecule has 0 aromatic heterocycles. The first-order valence-electron chi connectivity index (χ1n) is 11.5. The highest BCUT2D eigenvalue weighted by Gasteiger charge is 2.44. The largest absolute Gasteiger partial charge is 0.504 e. The Morgan fingerprint density at radius 3 is 2.42 bits per heavy atom. The van der Waals surface area contributed by atoms with E-state index in [4.69, 9.17) is 9.47 Å². The van der Waals surface area contributed by atoms with Gasteiger partial charge in [0.25, 0.3) is 0 Å². The maximum Gasteiger partial charge on any atom is 0.229 e. The quantitative estimate of drug-likeness (QED) is 0.545. The molecule has 1 heterocycles. The van der Waals surface area contributed by atoms with E-state index in [1.54, 1.807) is 0 Å². The number of rotatable bonds is 3. The Labute approximate surface area is 184 Å². The molecule has 8 atom stereocenters. The van der Waals surface area contributed by atoms with E-state index in [0.717, 1.165) is 30.4 Å². The average molecular weight is 433 g/mol. The monoisotopic (exact) mass is 432 g/mol. The van der Waals surface area contributed by atoms with Crippen LogP contribution >= 0.6 is 0 Å². The van der Waals surface area contributed by atoms with Gasteiger partial charge in [0.1, 0.15) is 18.3 Å². The van der Waals surface area contributed by atoms with Gasteiger partial charge in [0, 0.05) is 11.5 Å². The van der Waals surface area contributed by atoms with E-state index < -0.39 is 24.6 Å². The summed E-state index contributed by atoms with van der Waals surface area (Å²) >= 11 is 0. The lowest BCUT2D eigenvalue weighted by Crippen LogP contribution is -2.54. The molecule has 0 saturated carbocycles. The minimum absolute atomic E-state index is 0.0828. The first-order chi connectivity index (χ1) is 14.6. The molecule has 4 N–H and O–H groups in total. The summed E-state index contributed by atoms with van der Waals surface area (Å²) in [6, 6.07) is 0. The van der Waals surface area contributed by atoms with Crippen molar-refractivity contribution in [3.05, 3.63) is 33.9 Å². The number of aliphatic hydroxyl groups excluding tert-OH is 3. The second-order valence-electron chi connectivity index (χ2n) is 10.1. The molecule has 1 unspecified atom stereocenters. The van der Waals surface area contributed by atoms with Gasteiger partial charge in [-0.05, 0) is 74.5 Å². The first kappa shape index (κ1) is 22.6. The fraction of sp³-hybridized carbons (Fsp3) is 0.680. The Balaban J connectivity index is 1.86. The van der Waals surface area contributed by atoms with Crippen LogP contribution in [0.4, 0.5) is 0 Å². The summed E-state index contributed by atoms with van der Waals surface area (Å²) < 4.78 is 11.6. The zero-order valence-electron chi connectivity index (χ0n) is 19.1. The molecular formula is C25H36O6. The number of ether oxygens (including phenoxy) is 2. The summed E-state index contributed by atoms with van der Waals surface area (Å²) in [5.41, 5.74) is 5.59. The molecule has 1 aromatic rings. The molecule has 31 heavy (non-hydrogen) atoms. The van der Waals surface area contributed by atoms with Gasteiger partial charge in [0.15, 0.2) is 11.5 Å². The number of benzene rings is 1. The van der Waals surface area contributed by atoms with Crippen molar-refractivity contribution in [2.75, 3.05) is 6.61 Å². The van der Waals surface area contributed by atoms with Crippen LogP contribution in [-0.2, 0) is 4.74 Å². The van der Waals surface area contributed by atoms with Gasteiger partial charge in [0.05, 0.1) is 6.61 Å². The van der Waals surface area contributed by atoms with Gasteiger partial charge in [0.2, 0.25) is 6.29 Å². The highest BCUT2D eigenvalue weighted by atomic mass is 16.7. The van der Waals surface area contributed by atoms with Crippen molar-refractivity contribution in [2.24, 2.45) is 5.92 Å². The van der Waals surface area contributed by atoms with E-state index in [-0.39, 0.29) is 24.2 Å². The number of aliphatic hydroxyl groups is 3. The molecule has 6 nitrogen and oxygen atoms in total. The highest BCUT2D eigenvalue weighted by Crippen LogP contribution is 2.58. The predicted octanol–water partition coefficient (Wildman–Crippen LogP) is 3.59. The summed E-state index contributed by atoms with van der Waals surface area (Å²) in [5, 5.41) is 41.5. The number of allylic oxidation sites excluding steroid dienone is 2. The van der Waals surface area contributed by atoms with Crippen molar-refractivity contribution in [1.29, 1.82) is 0 Å². The molecule has 1 aromatic carbocycles.